The molecule has 0 spiro atoms. The number of nitrogens with zero attached hydrogens (tertiary/aromatic N) is 1. The average molecular weight is 278 g/mol. The van der Waals surface area contributed by atoms with Crippen molar-refractivity contribution in [3.63, 3.8) is 0 Å². The molecule has 1 fully saturated rings. The molecule has 110 valence electrons. The summed E-state index contributed by atoms with van der Waals surface area (Å²) in [7, 11) is 3.23. The molecule has 1 heterocycles. The van der Waals surface area contributed by atoms with Crippen molar-refractivity contribution in [1.29, 1.82) is 0 Å². The molecule has 2 N–H and O–H groups in total. The summed E-state index contributed by atoms with van der Waals surface area (Å²) in [5.74, 6) is 1.65. The van der Waals surface area contributed by atoms with Gasteiger partial charge in [-0.3, -0.25) is 4.79 Å². The third-order valence-electron chi connectivity index (χ3n) is 3.67. The quantitative estimate of drug-likeness (QED) is 0.890. The standard InChI is InChI=1S/C15H22N2O3/c1-19-11-6-7-14(20-2)12(9-11)13(16)10-17-8-4-3-5-15(17)18/h6-7,9,13H,3-5,8,10,16H2,1-2H3. The van der Waals surface area contributed by atoms with Gasteiger partial charge in [0.2, 0.25) is 5.91 Å². The van der Waals surface area contributed by atoms with E-state index in [1.807, 2.05) is 23.1 Å². The Kier molecular flexibility index (Phi) is 4.84. The van der Waals surface area contributed by atoms with E-state index in [4.69, 9.17) is 15.2 Å². The highest BCUT2D eigenvalue weighted by molar-refractivity contribution is 5.76. The number of carbonyl (C=O) groups is 1. The van der Waals surface area contributed by atoms with Crippen molar-refractivity contribution in [3.8, 4) is 11.5 Å². The maximum absolute atomic E-state index is 11.9. The molecule has 0 aromatic heterocycles. The summed E-state index contributed by atoms with van der Waals surface area (Å²) in [4.78, 5) is 13.7. The van der Waals surface area contributed by atoms with Gasteiger partial charge in [-0.25, -0.2) is 0 Å². The van der Waals surface area contributed by atoms with E-state index in [1.54, 1.807) is 14.2 Å². The topological polar surface area (TPSA) is 64.8 Å². The predicted octanol–water partition coefficient (Wildman–Crippen LogP) is 1.72. The van der Waals surface area contributed by atoms with E-state index in [9.17, 15) is 4.79 Å². The largest absolute Gasteiger partial charge is 0.497 e. The van der Waals surface area contributed by atoms with E-state index in [-0.39, 0.29) is 11.9 Å². The number of methoxy groups -OCH3 is 2. The molecule has 1 aromatic rings. The lowest BCUT2D eigenvalue weighted by Crippen LogP contribution is -2.40. The van der Waals surface area contributed by atoms with Gasteiger partial charge >= 0.3 is 0 Å². The van der Waals surface area contributed by atoms with Crippen LogP contribution in [0.4, 0.5) is 0 Å². The van der Waals surface area contributed by atoms with Crippen LogP contribution < -0.4 is 15.2 Å². The number of ether oxygens (including phenoxy) is 2. The molecule has 5 nitrogen and oxygen atoms in total. The molecule has 1 aromatic carbocycles. The molecule has 1 amide bonds. The molecule has 1 aliphatic rings. The fourth-order valence-electron chi connectivity index (χ4n) is 2.52. The van der Waals surface area contributed by atoms with Gasteiger partial charge in [0.25, 0.3) is 0 Å². The van der Waals surface area contributed by atoms with Crippen LogP contribution in [0.3, 0.4) is 0 Å². The second-order valence-electron chi connectivity index (χ2n) is 5.01. The van der Waals surface area contributed by atoms with Crippen LogP contribution in [0, 0.1) is 0 Å². The van der Waals surface area contributed by atoms with Gasteiger partial charge in [-0.15, -0.1) is 0 Å². The average Bonchev–Trinajstić information content (AvgIpc) is 2.48. The van der Waals surface area contributed by atoms with Crippen LogP contribution in [0.2, 0.25) is 0 Å². The SMILES string of the molecule is COc1ccc(OC)c(C(N)CN2CCCCC2=O)c1. The van der Waals surface area contributed by atoms with Crippen molar-refractivity contribution >= 4 is 5.91 Å². The van der Waals surface area contributed by atoms with E-state index in [0.717, 1.165) is 36.4 Å². The van der Waals surface area contributed by atoms with Crippen LogP contribution in [-0.2, 0) is 4.79 Å². The summed E-state index contributed by atoms with van der Waals surface area (Å²) in [5, 5.41) is 0. The molecule has 5 heteroatoms. The first kappa shape index (κ1) is 14.7. The Morgan fingerprint density at radius 2 is 2.10 bits per heavy atom. The lowest BCUT2D eigenvalue weighted by atomic mass is 10.0. The lowest BCUT2D eigenvalue weighted by molar-refractivity contribution is -0.133. The summed E-state index contributed by atoms with van der Waals surface area (Å²) < 4.78 is 10.6. The second-order valence-corrected chi connectivity index (χ2v) is 5.01. The second kappa shape index (κ2) is 6.61. The Morgan fingerprint density at radius 1 is 1.30 bits per heavy atom. The van der Waals surface area contributed by atoms with Gasteiger partial charge in [0.05, 0.1) is 20.3 Å². The van der Waals surface area contributed by atoms with E-state index < -0.39 is 0 Å². The van der Waals surface area contributed by atoms with Gasteiger partial charge in [0.1, 0.15) is 11.5 Å². The highest BCUT2D eigenvalue weighted by Crippen LogP contribution is 2.29. The Bertz CT molecular complexity index is 476. The number of hydrogen-bond acceptors (Lipinski definition) is 4. The fourth-order valence-corrected chi connectivity index (χ4v) is 2.52. The van der Waals surface area contributed by atoms with Crippen molar-refractivity contribution < 1.29 is 14.3 Å². The van der Waals surface area contributed by atoms with Crippen molar-refractivity contribution in [3.05, 3.63) is 23.8 Å². The summed E-state index contributed by atoms with van der Waals surface area (Å²) in [6, 6.07) is 5.27. The predicted molar refractivity (Wildman–Crippen MR) is 76.9 cm³/mol. The van der Waals surface area contributed by atoms with Crippen molar-refractivity contribution in [2.75, 3.05) is 27.3 Å². The molecule has 1 atom stereocenters. The van der Waals surface area contributed by atoms with Gasteiger partial charge in [0, 0.05) is 25.1 Å². The van der Waals surface area contributed by atoms with Crippen molar-refractivity contribution in [2.45, 2.75) is 25.3 Å². The van der Waals surface area contributed by atoms with Gasteiger partial charge in [-0.2, -0.15) is 0 Å². The van der Waals surface area contributed by atoms with Crippen LogP contribution in [0.15, 0.2) is 18.2 Å². The Hall–Kier alpha value is -1.75. The molecule has 0 saturated carbocycles. The Labute approximate surface area is 119 Å². The van der Waals surface area contributed by atoms with Gasteiger partial charge < -0.3 is 20.1 Å². The van der Waals surface area contributed by atoms with Crippen LogP contribution in [0.25, 0.3) is 0 Å². The molecule has 0 radical (unpaired) electrons. The minimum Gasteiger partial charge on any atom is -0.497 e. The highest BCUT2D eigenvalue weighted by atomic mass is 16.5. The minimum atomic E-state index is -0.276. The molecule has 1 saturated heterocycles. The van der Waals surface area contributed by atoms with Crippen LogP contribution in [-0.4, -0.2) is 38.1 Å². The number of hydrogen-bond donors (Lipinski definition) is 1. The van der Waals surface area contributed by atoms with Crippen LogP contribution in [0.5, 0.6) is 11.5 Å². The zero-order valence-electron chi connectivity index (χ0n) is 12.1. The van der Waals surface area contributed by atoms with Crippen molar-refractivity contribution in [1.82, 2.24) is 4.90 Å². The minimum absolute atomic E-state index is 0.188. The normalized spacial score (nSPS) is 16.9. The maximum atomic E-state index is 11.9. The zero-order chi connectivity index (χ0) is 14.5. The van der Waals surface area contributed by atoms with Crippen LogP contribution >= 0.6 is 0 Å². The molecule has 1 unspecified atom stereocenters. The maximum Gasteiger partial charge on any atom is 0.222 e. The van der Waals surface area contributed by atoms with E-state index in [2.05, 4.69) is 0 Å². The number of piperidine rings is 1. The molecular formula is C15H22N2O3. The van der Waals surface area contributed by atoms with E-state index >= 15 is 0 Å². The summed E-state index contributed by atoms with van der Waals surface area (Å²) >= 11 is 0. The third-order valence-corrected chi connectivity index (χ3v) is 3.67. The Balaban J connectivity index is 2.14. The molecule has 0 aliphatic carbocycles. The van der Waals surface area contributed by atoms with Gasteiger partial charge in [0.15, 0.2) is 0 Å². The summed E-state index contributed by atoms with van der Waals surface area (Å²) in [5.41, 5.74) is 7.12. The van der Waals surface area contributed by atoms with Crippen LogP contribution in [0.1, 0.15) is 30.9 Å². The van der Waals surface area contributed by atoms with Gasteiger partial charge in [-0.1, -0.05) is 0 Å². The Morgan fingerprint density at radius 3 is 2.75 bits per heavy atom. The molecular weight excluding hydrogens is 256 g/mol. The number of rotatable bonds is 5. The molecule has 0 bridgehead atoms. The first-order valence-electron chi connectivity index (χ1n) is 6.91. The fraction of sp³-hybridized carbons (Fsp3) is 0.533. The van der Waals surface area contributed by atoms with Crippen molar-refractivity contribution in [2.24, 2.45) is 5.73 Å². The summed E-state index contributed by atoms with van der Waals surface area (Å²) in [6.07, 6.45) is 2.66. The molecule has 2 rings (SSSR count). The smallest absolute Gasteiger partial charge is 0.222 e. The number of likely N-dealkylation sites (tertiary alicyclic amines) is 1. The monoisotopic (exact) mass is 278 g/mol. The first-order valence-corrected chi connectivity index (χ1v) is 6.91. The number of benzene rings is 1. The molecule has 1 aliphatic heterocycles. The zero-order valence-corrected chi connectivity index (χ0v) is 12.1. The highest BCUT2D eigenvalue weighted by Gasteiger charge is 2.22. The third kappa shape index (κ3) is 3.22. The van der Waals surface area contributed by atoms with E-state index in [1.165, 1.54) is 0 Å². The lowest BCUT2D eigenvalue weighted by Gasteiger charge is -2.29. The first-order chi connectivity index (χ1) is 9.65. The van der Waals surface area contributed by atoms with Gasteiger partial charge in [-0.05, 0) is 31.0 Å². The summed E-state index contributed by atoms with van der Waals surface area (Å²) in [6.45, 7) is 1.31. The number of carbonyl (C=O) groups excluding carboxylic acids is 1. The number of amides is 1. The molecule has 20 heavy (non-hydrogen) atoms. The van der Waals surface area contributed by atoms with E-state index in [0.29, 0.717) is 13.0 Å². The number of nitrogens with two attached hydrogens (primary N) is 1.